The average molecular weight is 295 g/mol. The molecule has 1 rings (SSSR count). The van der Waals surface area contributed by atoms with Crippen LogP contribution < -0.4 is 5.73 Å². The van der Waals surface area contributed by atoms with Crippen molar-refractivity contribution in [2.45, 2.75) is 34.6 Å². The maximum atomic E-state index is 12.4. The zero-order chi connectivity index (χ0) is 16.3. The lowest BCUT2D eigenvalue weighted by Crippen LogP contribution is -2.59. The van der Waals surface area contributed by atoms with E-state index in [0.29, 0.717) is 6.54 Å². The zero-order valence-electron chi connectivity index (χ0n) is 13.2. The maximum Gasteiger partial charge on any atom is 0.446 e. The fourth-order valence-electron chi connectivity index (χ4n) is 2.03. The Morgan fingerprint density at radius 1 is 1.24 bits per heavy atom. The van der Waals surface area contributed by atoms with Crippen LogP contribution in [0.3, 0.4) is 0 Å². The summed E-state index contributed by atoms with van der Waals surface area (Å²) in [6, 6.07) is -0.456. The number of aliphatic imine (C=N–C) groups is 1. The van der Waals surface area contributed by atoms with Crippen LogP contribution in [-0.2, 0) is 9.59 Å². The van der Waals surface area contributed by atoms with Crippen molar-refractivity contribution in [2.24, 2.45) is 22.6 Å². The molecule has 0 saturated heterocycles. The smallest absolute Gasteiger partial charge is 0.316 e. The lowest BCUT2D eigenvalue weighted by atomic mass is 10.1. The van der Waals surface area contributed by atoms with Crippen LogP contribution in [0.25, 0.3) is 0 Å². The van der Waals surface area contributed by atoms with Gasteiger partial charge in [0, 0.05) is 6.92 Å². The fraction of sp³-hybridized carbons (Fsp3) is 0.643. The van der Waals surface area contributed by atoms with E-state index in [1.807, 2.05) is 27.7 Å². The molecule has 0 radical (unpaired) electrons. The number of carbonyl (C=O) groups excluding carboxylic acids is 3. The fourth-order valence-corrected chi connectivity index (χ4v) is 2.03. The summed E-state index contributed by atoms with van der Waals surface area (Å²) in [5.74, 6) is -0.906. The molecule has 0 bridgehead atoms. The van der Waals surface area contributed by atoms with Gasteiger partial charge in [0.05, 0.1) is 13.1 Å². The van der Waals surface area contributed by atoms with Crippen LogP contribution in [-0.4, -0.2) is 52.0 Å². The molecule has 0 atom stereocenters. The van der Waals surface area contributed by atoms with Crippen LogP contribution in [0, 0.1) is 11.8 Å². The molecule has 1 aliphatic heterocycles. The van der Waals surface area contributed by atoms with Crippen molar-refractivity contribution in [1.82, 2.24) is 4.90 Å². The van der Waals surface area contributed by atoms with Crippen LogP contribution in [0.4, 0.5) is 4.79 Å². The standard InChI is InChI=1S/C14H22N4O3/c1-8(2)6-17-12(15)11(16-10(5)19)13(20)18(14(17)21)7-9(3)4/h8-9,15H,6-7H2,1-5H3/p+1. The Hall–Kier alpha value is -2.05. The number of nitrogens with two attached hydrogens (primary N) is 1. The number of rotatable bonds is 4. The lowest BCUT2D eigenvalue weighted by molar-refractivity contribution is -0.443. The molecule has 21 heavy (non-hydrogen) atoms. The molecule has 0 aromatic carbocycles. The van der Waals surface area contributed by atoms with Crippen molar-refractivity contribution in [1.29, 1.82) is 0 Å². The number of hydrogen-bond acceptors (Lipinski definition) is 4. The molecular weight excluding hydrogens is 272 g/mol. The predicted molar refractivity (Wildman–Crippen MR) is 79.2 cm³/mol. The Morgan fingerprint density at radius 3 is 2.24 bits per heavy atom. The zero-order valence-corrected chi connectivity index (χ0v) is 13.2. The van der Waals surface area contributed by atoms with E-state index in [1.165, 1.54) is 11.5 Å². The van der Waals surface area contributed by atoms with Gasteiger partial charge < -0.3 is 5.73 Å². The third kappa shape index (κ3) is 3.96. The number of hydrogen-bond donors (Lipinski definition) is 1. The Morgan fingerprint density at radius 2 is 1.81 bits per heavy atom. The maximum absolute atomic E-state index is 12.4. The Balaban J connectivity index is 3.37. The Bertz CT molecular complexity index is 532. The van der Waals surface area contributed by atoms with E-state index in [2.05, 4.69) is 4.99 Å². The minimum absolute atomic E-state index is 0.0473. The minimum atomic E-state index is -0.610. The Kier molecular flexibility index (Phi) is 5.34. The van der Waals surface area contributed by atoms with Crippen molar-refractivity contribution >= 4 is 29.4 Å². The van der Waals surface area contributed by atoms with Gasteiger partial charge in [0.1, 0.15) is 0 Å². The topological polar surface area (TPSA) is 95.8 Å². The van der Waals surface area contributed by atoms with Gasteiger partial charge in [-0.15, -0.1) is 0 Å². The highest BCUT2D eigenvalue weighted by molar-refractivity contribution is 6.67. The van der Waals surface area contributed by atoms with Gasteiger partial charge in [-0.3, -0.25) is 4.79 Å². The van der Waals surface area contributed by atoms with Gasteiger partial charge in [-0.1, -0.05) is 27.7 Å². The predicted octanol–water partition coefficient (Wildman–Crippen LogP) is 0.618. The van der Waals surface area contributed by atoms with Gasteiger partial charge in [0.2, 0.25) is 11.6 Å². The van der Waals surface area contributed by atoms with Crippen molar-refractivity contribution in [3.8, 4) is 0 Å². The van der Waals surface area contributed by atoms with Gasteiger partial charge >= 0.3 is 11.9 Å². The molecule has 0 fully saturated rings. The molecule has 0 unspecified atom stereocenters. The molecule has 7 heteroatoms. The van der Waals surface area contributed by atoms with Gasteiger partial charge in [0.25, 0.3) is 5.84 Å². The highest BCUT2D eigenvalue weighted by Gasteiger charge is 2.43. The normalized spacial score (nSPS) is 18.4. The summed E-state index contributed by atoms with van der Waals surface area (Å²) in [4.78, 5) is 40.8. The van der Waals surface area contributed by atoms with Gasteiger partial charge in [-0.2, -0.15) is 14.5 Å². The summed E-state index contributed by atoms with van der Waals surface area (Å²) < 4.78 is 1.32. The number of amides is 4. The summed E-state index contributed by atoms with van der Waals surface area (Å²) in [5, 5.41) is 0. The lowest BCUT2D eigenvalue weighted by Gasteiger charge is -2.25. The first-order valence-corrected chi connectivity index (χ1v) is 7.00. The van der Waals surface area contributed by atoms with E-state index in [-0.39, 0.29) is 29.9 Å². The van der Waals surface area contributed by atoms with Gasteiger partial charge in [-0.25, -0.2) is 9.59 Å². The van der Waals surface area contributed by atoms with Gasteiger partial charge in [-0.05, 0) is 11.8 Å². The summed E-state index contributed by atoms with van der Waals surface area (Å²) in [7, 11) is 0. The van der Waals surface area contributed by atoms with Crippen LogP contribution in [0.2, 0.25) is 0 Å². The molecule has 4 amide bonds. The molecule has 1 heterocycles. The van der Waals surface area contributed by atoms with E-state index in [0.717, 1.165) is 4.90 Å². The van der Waals surface area contributed by atoms with E-state index in [9.17, 15) is 14.4 Å². The molecule has 116 valence electrons. The summed E-state index contributed by atoms with van der Waals surface area (Å²) >= 11 is 0. The monoisotopic (exact) mass is 295 g/mol. The van der Waals surface area contributed by atoms with E-state index in [4.69, 9.17) is 5.73 Å². The van der Waals surface area contributed by atoms with Crippen LogP contribution in [0.5, 0.6) is 0 Å². The van der Waals surface area contributed by atoms with Crippen molar-refractivity contribution in [2.75, 3.05) is 13.1 Å². The summed E-state index contributed by atoms with van der Waals surface area (Å²) in [5.41, 5.74) is 5.74. The molecule has 0 spiro atoms. The molecule has 7 nitrogen and oxygen atoms in total. The second kappa shape index (κ2) is 6.60. The van der Waals surface area contributed by atoms with E-state index < -0.39 is 17.8 Å². The van der Waals surface area contributed by atoms with Crippen LogP contribution in [0.15, 0.2) is 4.99 Å². The highest BCUT2D eigenvalue weighted by atomic mass is 16.2. The third-order valence-electron chi connectivity index (χ3n) is 2.81. The molecular formula is C14H23N4O3+. The SMILES string of the molecule is CC(=O)N=C1C(=O)N(CC(C)C)C(=O)[N+](CC(C)C)=C1N. The molecule has 1 aliphatic rings. The Labute approximate surface area is 124 Å². The first-order chi connectivity index (χ1) is 9.65. The second-order valence-electron chi connectivity index (χ2n) is 5.96. The number of amidine groups is 1. The first-order valence-electron chi connectivity index (χ1n) is 7.00. The van der Waals surface area contributed by atoms with Crippen LogP contribution >= 0.6 is 0 Å². The van der Waals surface area contributed by atoms with Crippen molar-refractivity contribution in [3.63, 3.8) is 0 Å². The van der Waals surface area contributed by atoms with Crippen LogP contribution in [0.1, 0.15) is 34.6 Å². The first kappa shape index (κ1) is 17.0. The second-order valence-corrected chi connectivity index (χ2v) is 5.96. The number of nitrogens with zero attached hydrogens (tertiary/aromatic N) is 3. The highest BCUT2D eigenvalue weighted by Crippen LogP contribution is 2.10. The molecule has 0 aromatic rings. The molecule has 2 N–H and O–H groups in total. The van der Waals surface area contributed by atoms with Crippen molar-refractivity contribution < 1.29 is 19.0 Å². The average Bonchev–Trinajstić information content (AvgIpc) is 2.35. The summed E-state index contributed by atoms with van der Waals surface area (Å²) in [6.45, 7) is 9.54. The number of urea groups is 1. The number of imide groups is 1. The van der Waals surface area contributed by atoms with Gasteiger partial charge in [0.15, 0.2) is 0 Å². The van der Waals surface area contributed by atoms with Crippen molar-refractivity contribution in [3.05, 3.63) is 0 Å². The molecule has 0 aliphatic carbocycles. The molecule has 0 saturated carbocycles. The quantitative estimate of drug-likeness (QED) is 0.769. The summed E-state index contributed by atoms with van der Waals surface area (Å²) in [6.07, 6.45) is 0. The van der Waals surface area contributed by atoms with E-state index in [1.54, 1.807) is 0 Å². The largest absolute Gasteiger partial charge is 0.446 e. The van der Waals surface area contributed by atoms with E-state index >= 15 is 0 Å². The minimum Gasteiger partial charge on any atom is -0.316 e. The third-order valence-corrected chi connectivity index (χ3v) is 2.81. The number of carbonyl (C=O) groups is 3. The molecule has 0 aromatic heterocycles.